The molecule has 2 fully saturated rings. The number of ether oxygens (including phenoxy) is 5. The minimum atomic E-state index is -0.695. The second-order valence-electron chi connectivity index (χ2n) is 11.2. The summed E-state index contributed by atoms with van der Waals surface area (Å²) in [6.45, 7) is 2.99. The van der Waals surface area contributed by atoms with Crippen LogP contribution in [0.2, 0.25) is 0 Å². The van der Waals surface area contributed by atoms with Gasteiger partial charge in [0.1, 0.15) is 24.4 Å². The minimum absolute atomic E-state index is 0.0717. The van der Waals surface area contributed by atoms with E-state index in [0.717, 1.165) is 42.4 Å². The van der Waals surface area contributed by atoms with Crippen LogP contribution >= 0.6 is 0 Å². The molecule has 2 aliphatic rings. The highest BCUT2D eigenvalue weighted by Gasteiger charge is 2.49. The predicted molar refractivity (Wildman–Crippen MR) is 160 cm³/mol. The van der Waals surface area contributed by atoms with E-state index < -0.39 is 30.6 Å². The summed E-state index contributed by atoms with van der Waals surface area (Å²) >= 11 is 0. The van der Waals surface area contributed by atoms with Gasteiger partial charge < -0.3 is 29.0 Å². The van der Waals surface area contributed by atoms with E-state index in [1.165, 1.54) is 13.3 Å². The number of amides is 1. The van der Waals surface area contributed by atoms with Crippen molar-refractivity contribution in [3.8, 4) is 0 Å². The van der Waals surface area contributed by atoms with E-state index in [2.05, 4.69) is 5.32 Å². The third-order valence-electron chi connectivity index (χ3n) is 7.86. The topological polar surface area (TPSA) is 75.3 Å². The fraction of sp³-hybridized carbons (Fsp3) is 0.457. The van der Waals surface area contributed by atoms with Crippen LogP contribution in [0.1, 0.15) is 55.7 Å². The Morgan fingerprint density at radius 2 is 1.26 bits per heavy atom. The second kappa shape index (κ2) is 16.0. The lowest BCUT2D eigenvalue weighted by atomic mass is 9.94. The molecule has 7 heteroatoms. The Balaban J connectivity index is 1.41. The number of rotatable bonds is 13. The van der Waals surface area contributed by atoms with Crippen LogP contribution in [0.4, 0.5) is 0 Å². The van der Waals surface area contributed by atoms with Crippen molar-refractivity contribution in [3.05, 3.63) is 108 Å². The van der Waals surface area contributed by atoms with Gasteiger partial charge in [0.2, 0.25) is 5.91 Å². The molecule has 1 saturated carbocycles. The van der Waals surface area contributed by atoms with Crippen LogP contribution in [-0.2, 0) is 48.3 Å². The van der Waals surface area contributed by atoms with Crippen LogP contribution in [0, 0.1) is 0 Å². The van der Waals surface area contributed by atoms with Crippen molar-refractivity contribution in [3.63, 3.8) is 0 Å². The molecular formula is C35H43NO6. The molecule has 1 N–H and O–H groups in total. The van der Waals surface area contributed by atoms with E-state index in [9.17, 15) is 4.79 Å². The molecule has 1 aliphatic carbocycles. The zero-order valence-electron chi connectivity index (χ0n) is 24.4. The van der Waals surface area contributed by atoms with Crippen molar-refractivity contribution < 1.29 is 28.5 Å². The molecule has 5 rings (SSSR count). The van der Waals surface area contributed by atoms with Gasteiger partial charge in [0.05, 0.1) is 32.5 Å². The van der Waals surface area contributed by atoms with E-state index in [1.54, 1.807) is 0 Å². The summed E-state index contributed by atoms with van der Waals surface area (Å²) in [5, 5.41) is 3.10. The highest BCUT2D eigenvalue weighted by molar-refractivity contribution is 5.73. The Hall–Kier alpha value is -3.07. The normalized spacial score (nSPS) is 24.7. The van der Waals surface area contributed by atoms with Crippen LogP contribution in [-0.4, -0.2) is 49.3 Å². The first kappa shape index (κ1) is 30.4. The molecule has 0 aromatic heterocycles. The molecule has 3 aromatic rings. The highest BCUT2D eigenvalue weighted by atomic mass is 16.7. The first-order valence-electron chi connectivity index (χ1n) is 15.2. The summed E-state index contributed by atoms with van der Waals surface area (Å²) in [5.74, 6) is -0.172. The van der Waals surface area contributed by atoms with Gasteiger partial charge in [0, 0.05) is 6.92 Å². The van der Waals surface area contributed by atoms with Crippen molar-refractivity contribution in [2.24, 2.45) is 0 Å². The lowest BCUT2D eigenvalue weighted by Gasteiger charge is -2.47. The van der Waals surface area contributed by atoms with Gasteiger partial charge in [-0.3, -0.25) is 4.79 Å². The zero-order valence-corrected chi connectivity index (χ0v) is 24.4. The maximum absolute atomic E-state index is 12.5. The van der Waals surface area contributed by atoms with Crippen LogP contribution in [0.15, 0.2) is 91.0 Å². The van der Waals surface area contributed by atoms with Crippen molar-refractivity contribution in [2.45, 2.75) is 95.6 Å². The van der Waals surface area contributed by atoms with E-state index in [4.69, 9.17) is 23.7 Å². The summed E-state index contributed by atoms with van der Waals surface area (Å²) in [6.07, 6.45) is 3.27. The molecule has 224 valence electrons. The number of carbonyl (C=O) groups excluding carboxylic acids is 1. The van der Waals surface area contributed by atoms with E-state index >= 15 is 0 Å². The van der Waals surface area contributed by atoms with Crippen molar-refractivity contribution in [2.75, 3.05) is 6.61 Å². The summed E-state index contributed by atoms with van der Waals surface area (Å²) in [5.41, 5.74) is 3.16. The van der Waals surface area contributed by atoms with Crippen LogP contribution in [0.25, 0.3) is 0 Å². The first-order valence-corrected chi connectivity index (χ1v) is 15.2. The van der Waals surface area contributed by atoms with Crippen LogP contribution < -0.4 is 5.32 Å². The van der Waals surface area contributed by atoms with E-state index in [-0.39, 0.29) is 18.6 Å². The quantitative estimate of drug-likeness (QED) is 0.272. The van der Waals surface area contributed by atoms with Gasteiger partial charge in [-0.25, -0.2) is 0 Å². The van der Waals surface area contributed by atoms with Crippen molar-refractivity contribution in [1.29, 1.82) is 0 Å². The van der Waals surface area contributed by atoms with Crippen LogP contribution in [0.5, 0.6) is 0 Å². The van der Waals surface area contributed by atoms with Gasteiger partial charge in [-0.2, -0.15) is 0 Å². The number of benzene rings is 3. The average molecular weight is 574 g/mol. The Morgan fingerprint density at radius 1 is 0.738 bits per heavy atom. The zero-order chi connectivity index (χ0) is 29.0. The third kappa shape index (κ3) is 8.96. The van der Waals surface area contributed by atoms with E-state index in [1.807, 2.05) is 91.0 Å². The highest BCUT2D eigenvalue weighted by Crippen LogP contribution is 2.32. The maximum atomic E-state index is 12.5. The molecule has 1 saturated heterocycles. The lowest BCUT2D eigenvalue weighted by molar-refractivity contribution is -0.301. The SMILES string of the molecule is CC(=O)N[C@H]1[C@H](OC2CCCCC2)O[C@H](COCc2ccccc2)[C@@H](OCc2ccccc2)[C@@H]1OCc1ccccc1. The first-order chi connectivity index (χ1) is 20.7. The summed E-state index contributed by atoms with van der Waals surface area (Å²) in [4.78, 5) is 12.5. The second-order valence-corrected chi connectivity index (χ2v) is 11.2. The number of hydrogen-bond acceptors (Lipinski definition) is 6. The lowest BCUT2D eigenvalue weighted by Crippen LogP contribution is -2.66. The monoisotopic (exact) mass is 573 g/mol. The molecule has 0 spiro atoms. The molecule has 7 nitrogen and oxygen atoms in total. The molecule has 0 bridgehead atoms. The molecule has 5 atom stereocenters. The molecule has 3 aromatic carbocycles. The predicted octanol–water partition coefficient (Wildman–Crippen LogP) is 5.95. The Morgan fingerprint density at radius 3 is 1.81 bits per heavy atom. The molecule has 0 radical (unpaired) electrons. The fourth-order valence-electron chi connectivity index (χ4n) is 5.73. The Bertz CT molecular complexity index is 1190. The molecule has 1 heterocycles. The fourth-order valence-corrected chi connectivity index (χ4v) is 5.73. The Kier molecular flexibility index (Phi) is 11.5. The van der Waals surface area contributed by atoms with Crippen molar-refractivity contribution >= 4 is 5.91 Å². The van der Waals surface area contributed by atoms with Gasteiger partial charge in [0.25, 0.3) is 0 Å². The average Bonchev–Trinajstić information content (AvgIpc) is 3.02. The van der Waals surface area contributed by atoms with Gasteiger partial charge >= 0.3 is 0 Å². The largest absolute Gasteiger partial charge is 0.374 e. The molecule has 42 heavy (non-hydrogen) atoms. The summed E-state index contributed by atoms with van der Waals surface area (Å²) in [7, 11) is 0. The number of nitrogens with one attached hydrogen (secondary N) is 1. The standard InChI is InChI=1S/C35H43NO6/c1-26(37)36-32-34(40-24-29-18-10-4-11-19-29)33(39-23-28-16-8-3-9-17-28)31(25-38-22-27-14-6-2-7-15-27)42-35(32)41-30-20-12-5-13-21-30/h2-4,6-11,14-19,30-35H,5,12-13,20-25H2,1H3,(H,36,37)/t31-,32-,33-,34-,35-/m1/s1. The molecule has 1 aliphatic heterocycles. The Labute approximate surface area is 249 Å². The summed E-state index contributed by atoms with van der Waals surface area (Å²) < 4.78 is 32.7. The molecule has 0 unspecified atom stereocenters. The van der Waals surface area contributed by atoms with Gasteiger partial charge in [-0.1, -0.05) is 110 Å². The maximum Gasteiger partial charge on any atom is 0.217 e. The van der Waals surface area contributed by atoms with E-state index in [0.29, 0.717) is 19.8 Å². The number of hydrogen-bond donors (Lipinski definition) is 1. The van der Waals surface area contributed by atoms with Gasteiger partial charge in [-0.15, -0.1) is 0 Å². The minimum Gasteiger partial charge on any atom is -0.374 e. The summed E-state index contributed by atoms with van der Waals surface area (Å²) in [6, 6.07) is 29.6. The van der Waals surface area contributed by atoms with Crippen LogP contribution in [0.3, 0.4) is 0 Å². The number of carbonyl (C=O) groups is 1. The third-order valence-corrected chi connectivity index (χ3v) is 7.86. The van der Waals surface area contributed by atoms with Gasteiger partial charge in [0.15, 0.2) is 6.29 Å². The smallest absolute Gasteiger partial charge is 0.217 e. The van der Waals surface area contributed by atoms with Crippen molar-refractivity contribution in [1.82, 2.24) is 5.32 Å². The van der Waals surface area contributed by atoms with Gasteiger partial charge in [-0.05, 0) is 29.5 Å². The molecular weight excluding hydrogens is 530 g/mol. The molecule has 1 amide bonds.